The van der Waals surface area contributed by atoms with Gasteiger partial charge in [0.25, 0.3) is 0 Å². The monoisotopic (exact) mass is 258 g/mol. The van der Waals surface area contributed by atoms with Crippen molar-refractivity contribution in [1.29, 1.82) is 0 Å². The SMILES string of the molecule is CC/C=C\C(Cl)=C/N(C)/C(=C\O)C(C)(C)CN. The fraction of sp³-hybridized carbons (Fsp3) is 0.538. The summed E-state index contributed by atoms with van der Waals surface area (Å²) in [5.41, 5.74) is 6.11. The normalized spacial score (nSPS) is 14.5. The van der Waals surface area contributed by atoms with Gasteiger partial charge in [-0.05, 0) is 12.5 Å². The highest BCUT2D eigenvalue weighted by molar-refractivity contribution is 6.31. The molecule has 0 aliphatic rings. The first-order valence-electron chi connectivity index (χ1n) is 5.70. The first kappa shape index (κ1) is 16.1. The van der Waals surface area contributed by atoms with Gasteiger partial charge in [0, 0.05) is 25.2 Å². The van der Waals surface area contributed by atoms with Crippen LogP contribution in [-0.4, -0.2) is 23.6 Å². The lowest BCUT2D eigenvalue weighted by Crippen LogP contribution is -2.32. The maximum atomic E-state index is 9.30. The molecule has 0 atom stereocenters. The Morgan fingerprint density at radius 1 is 1.47 bits per heavy atom. The fourth-order valence-electron chi connectivity index (χ4n) is 1.38. The van der Waals surface area contributed by atoms with Crippen molar-refractivity contribution in [2.24, 2.45) is 11.1 Å². The van der Waals surface area contributed by atoms with Crippen LogP contribution in [-0.2, 0) is 0 Å². The summed E-state index contributed by atoms with van der Waals surface area (Å²) >= 11 is 6.04. The molecule has 0 aliphatic heterocycles. The highest BCUT2D eigenvalue weighted by Gasteiger charge is 2.24. The van der Waals surface area contributed by atoms with Crippen molar-refractivity contribution in [1.82, 2.24) is 4.90 Å². The number of nitrogens with two attached hydrogens (primary N) is 1. The van der Waals surface area contributed by atoms with Crippen molar-refractivity contribution >= 4 is 11.6 Å². The van der Waals surface area contributed by atoms with E-state index in [0.29, 0.717) is 11.6 Å². The minimum atomic E-state index is -0.300. The van der Waals surface area contributed by atoms with E-state index < -0.39 is 0 Å². The van der Waals surface area contributed by atoms with E-state index in [4.69, 9.17) is 17.3 Å². The minimum Gasteiger partial charge on any atom is -0.514 e. The standard InChI is InChI=1S/C13H23ClN2O/c1-5-6-7-11(14)8-16(4)12(9-17)13(2,3)10-15/h6-9,17H,5,10,15H2,1-4H3/b7-6-,11-8+,12-9-. The zero-order valence-corrected chi connectivity index (χ0v) is 11.8. The van der Waals surface area contributed by atoms with Crippen molar-refractivity contribution in [2.75, 3.05) is 13.6 Å². The molecule has 17 heavy (non-hydrogen) atoms. The zero-order valence-electron chi connectivity index (χ0n) is 11.1. The first-order valence-corrected chi connectivity index (χ1v) is 6.08. The molecule has 0 spiro atoms. The predicted octanol–water partition coefficient (Wildman–Crippen LogP) is 3.35. The molecule has 0 aromatic rings. The Labute approximate surface area is 109 Å². The highest BCUT2D eigenvalue weighted by Crippen LogP contribution is 2.27. The second-order valence-electron chi connectivity index (χ2n) is 4.54. The summed E-state index contributed by atoms with van der Waals surface area (Å²) in [7, 11) is 1.83. The van der Waals surface area contributed by atoms with E-state index in [2.05, 4.69) is 0 Å². The molecule has 0 saturated carbocycles. The summed E-state index contributed by atoms with van der Waals surface area (Å²) in [5.74, 6) is 0. The van der Waals surface area contributed by atoms with E-state index in [1.165, 1.54) is 0 Å². The average Bonchev–Trinajstić information content (AvgIpc) is 2.26. The lowest BCUT2D eigenvalue weighted by atomic mass is 9.89. The minimum absolute atomic E-state index is 0.300. The summed E-state index contributed by atoms with van der Waals surface area (Å²) in [6, 6.07) is 0. The molecule has 3 N–H and O–H groups in total. The van der Waals surface area contributed by atoms with E-state index in [9.17, 15) is 5.11 Å². The molecule has 0 heterocycles. The lowest BCUT2D eigenvalue weighted by Gasteiger charge is -2.31. The van der Waals surface area contributed by atoms with Gasteiger partial charge in [-0.25, -0.2) is 0 Å². The van der Waals surface area contributed by atoms with Crippen LogP contribution in [0, 0.1) is 5.41 Å². The van der Waals surface area contributed by atoms with Crippen LogP contribution in [0.15, 0.2) is 35.3 Å². The van der Waals surface area contributed by atoms with Gasteiger partial charge in [-0.15, -0.1) is 0 Å². The van der Waals surface area contributed by atoms with E-state index in [1.54, 1.807) is 11.1 Å². The third-order valence-electron chi connectivity index (χ3n) is 2.54. The lowest BCUT2D eigenvalue weighted by molar-refractivity contribution is 0.322. The molecular weight excluding hydrogens is 236 g/mol. The van der Waals surface area contributed by atoms with Crippen LogP contribution in [0.5, 0.6) is 0 Å². The van der Waals surface area contributed by atoms with Crippen LogP contribution in [0.25, 0.3) is 0 Å². The Morgan fingerprint density at radius 3 is 2.47 bits per heavy atom. The summed E-state index contributed by atoms with van der Waals surface area (Å²) in [6.45, 7) is 6.42. The van der Waals surface area contributed by atoms with E-state index in [1.807, 2.05) is 40.0 Å². The average molecular weight is 259 g/mol. The first-order chi connectivity index (χ1) is 7.88. The van der Waals surface area contributed by atoms with Gasteiger partial charge in [0.1, 0.15) is 0 Å². The molecule has 0 rings (SSSR count). The van der Waals surface area contributed by atoms with Gasteiger partial charge in [-0.1, -0.05) is 38.4 Å². The van der Waals surface area contributed by atoms with Crippen LogP contribution in [0.4, 0.5) is 0 Å². The van der Waals surface area contributed by atoms with Crippen LogP contribution < -0.4 is 5.73 Å². The van der Waals surface area contributed by atoms with Gasteiger partial charge in [0.05, 0.1) is 17.0 Å². The maximum Gasteiger partial charge on any atom is 0.0992 e. The van der Waals surface area contributed by atoms with Gasteiger partial charge in [-0.2, -0.15) is 0 Å². The smallest absolute Gasteiger partial charge is 0.0992 e. The Hall–Kier alpha value is -0.930. The van der Waals surface area contributed by atoms with Gasteiger partial charge < -0.3 is 15.7 Å². The molecule has 0 radical (unpaired) electrons. The van der Waals surface area contributed by atoms with Crippen molar-refractivity contribution in [2.45, 2.75) is 27.2 Å². The summed E-state index contributed by atoms with van der Waals surface area (Å²) in [6.07, 6.45) is 7.58. The molecule has 0 saturated heterocycles. The number of hydrogen-bond donors (Lipinski definition) is 2. The molecule has 0 bridgehead atoms. The Kier molecular flexibility index (Phi) is 7.00. The van der Waals surface area contributed by atoms with E-state index in [0.717, 1.165) is 18.4 Å². The van der Waals surface area contributed by atoms with Gasteiger partial charge in [0.15, 0.2) is 0 Å². The van der Waals surface area contributed by atoms with Crippen LogP contribution in [0.3, 0.4) is 0 Å². The number of aliphatic hydroxyl groups is 1. The fourth-order valence-corrected chi connectivity index (χ4v) is 1.61. The predicted molar refractivity (Wildman–Crippen MR) is 74.7 cm³/mol. The van der Waals surface area contributed by atoms with E-state index >= 15 is 0 Å². The van der Waals surface area contributed by atoms with Gasteiger partial charge in [-0.3, -0.25) is 0 Å². The van der Waals surface area contributed by atoms with Crippen molar-refractivity contribution < 1.29 is 5.11 Å². The zero-order chi connectivity index (χ0) is 13.5. The molecule has 0 aromatic heterocycles. The topological polar surface area (TPSA) is 49.5 Å². The molecule has 3 nitrogen and oxygen atoms in total. The second kappa shape index (κ2) is 7.41. The van der Waals surface area contributed by atoms with Crippen LogP contribution in [0.1, 0.15) is 27.2 Å². The summed E-state index contributed by atoms with van der Waals surface area (Å²) in [5, 5.41) is 9.92. The quantitative estimate of drug-likeness (QED) is 0.567. The Bertz CT molecular complexity index is 319. The molecule has 0 aliphatic carbocycles. The van der Waals surface area contributed by atoms with Gasteiger partial charge >= 0.3 is 0 Å². The third-order valence-corrected chi connectivity index (χ3v) is 2.76. The molecule has 0 aromatic carbocycles. The van der Waals surface area contributed by atoms with Crippen LogP contribution in [0.2, 0.25) is 0 Å². The van der Waals surface area contributed by atoms with Crippen molar-refractivity contribution in [3.63, 3.8) is 0 Å². The van der Waals surface area contributed by atoms with Crippen molar-refractivity contribution in [3.05, 3.63) is 35.3 Å². The second-order valence-corrected chi connectivity index (χ2v) is 4.97. The number of nitrogens with zero attached hydrogens (tertiary/aromatic N) is 1. The number of hydrogen-bond acceptors (Lipinski definition) is 3. The van der Waals surface area contributed by atoms with E-state index in [-0.39, 0.29) is 5.41 Å². The molecule has 0 amide bonds. The highest BCUT2D eigenvalue weighted by atomic mass is 35.5. The summed E-state index contributed by atoms with van der Waals surface area (Å²) in [4.78, 5) is 1.79. The summed E-state index contributed by atoms with van der Waals surface area (Å²) < 4.78 is 0. The molecule has 0 unspecified atom stereocenters. The van der Waals surface area contributed by atoms with Gasteiger partial charge in [0.2, 0.25) is 0 Å². The Morgan fingerprint density at radius 2 is 2.06 bits per heavy atom. The molecule has 98 valence electrons. The number of allylic oxidation sites excluding steroid dienone is 3. The Balaban J connectivity index is 4.91. The molecule has 4 heteroatoms. The maximum absolute atomic E-state index is 9.30. The third kappa shape index (κ3) is 5.29. The molecular formula is C13H23ClN2O. The molecule has 0 fully saturated rings. The largest absolute Gasteiger partial charge is 0.514 e. The van der Waals surface area contributed by atoms with Crippen LogP contribution >= 0.6 is 11.6 Å². The number of halogens is 1. The number of rotatable bonds is 6. The number of aliphatic hydroxyl groups excluding tert-OH is 1. The van der Waals surface area contributed by atoms with Crippen molar-refractivity contribution in [3.8, 4) is 0 Å².